The quantitative estimate of drug-likeness (QED) is 0.571. The number of hydrogen-bond donors (Lipinski definition) is 2. The zero-order valence-corrected chi connectivity index (χ0v) is 10.8. The van der Waals surface area contributed by atoms with Gasteiger partial charge < -0.3 is 4.98 Å². The molecule has 20 heavy (non-hydrogen) atoms. The second kappa shape index (κ2) is 4.74. The van der Waals surface area contributed by atoms with Crippen molar-refractivity contribution in [1.82, 2.24) is 9.97 Å². The summed E-state index contributed by atoms with van der Waals surface area (Å²) in [6.07, 6.45) is 1.58. The van der Waals surface area contributed by atoms with E-state index in [0.29, 0.717) is 16.0 Å². The molecule has 0 unspecified atom stereocenters. The molecule has 0 aliphatic rings. The molecule has 2 N–H and O–H groups in total. The van der Waals surface area contributed by atoms with Crippen LogP contribution < -0.4 is 5.32 Å². The van der Waals surface area contributed by atoms with Gasteiger partial charge in [-0.05, 0) is 6.07 Å². The number of H-pyrrole nitrogens is 1. The van der Waals surface area contributed by atoms with Crippen molar-refractivity contribution in [3.63, 3.8) is 0 Å². The summed E-state index contributed by atoms with van der Waals surface area (Å²) in [7, 11) is 0. The lowest BCUT2D eigenvalue weighted by atomic mass is 10.2. The maximum Gasteiger partial charge on any atom is 0.293 e. The van der Waals surface area contributed by atoms with Gasteiger partial charge in [0.2, 0.25) is 0 Å². The largest absolute Gasteiger partial charge is 0.345 e. The van der Waals surface area contributed by atoms with Crippen LogP contribution in [0.2, 0.25) is 0 Å². The van der Waals surface area contributed by atoms with E-state index in [1.54, 1.807) is 29.8 Å². The number of amides is 1. The summed E-state index contributed by atoms with van der Waals surface area (Å²) in [6, 6.07) is 6.25. The molecule has 0 bridgehead atoms. The highest BCUT2D eigenvalue weighted by Crippen LogP contribution is 2.25. The first kappa shape index (κ1) is 12.3. The summed E-state index contributed by atoms with van der Waals surface area (Å²) in [6.45, 7) is 0. The van der Waals surface area contributed by atoms with Crippen LogP contribution in [-0.2, 0) is 0 Å². The van der Waals surface area contributed by atoms with Gasteiger partial charge in [0.05, 0.1) is 4.92 Å². The van der Waals surface area contributed by atoms with Crippen LogP contribution in [0.4, 0.5) is 10.8 Å². The highest BCUT2D eigenvalue weighted by atomic mass is 32.1. The predicted octanol–water partition coefficient (Wildman–Crippen LogP) is 2.78. The molecule has 100 valence electrons. The van der Waals surface area contributed by atoms with Gasteiger partial charge in [-0.1, -0.05) is 12.1 Å². The Labute approximate surface area is 116 Å². The van der Waals surface area contributed by atoms with E-state index in [0.717, 1.165) is 0 Å². The summed E-state index contributed by atoms with van der Waals surface area (Å²) in [5.74, 6) is -0.384. The van der Waals surface area contributed by atoms with E-state index in [-0.39, 0.29) is 17.3 Å². The molecule has 1 amide bonds. The van der Waals surface area contributed by atoms with Crippen molar-refractivity contribution in [1.29, 1.82) is 0 Å². The molecule has 2 heterocycles. The van der Waals surface area contributed by atoms with Crippen LogP contribution >= 0.6 is 11.3 Å². The van der Waals surface area contributed by atoms with Crippen molar-refractivity contribution in [2.24, 2.45) is 0 Å². The van der Waals surface area contributed by atoms with Crippen molar-refractivity contribution in [2.75, 3.05) is 5.32 Å². The molecule has 3 rings (SSSR count). The minimum Gasteiger partial charge on any atom is -0.345 e. The summed E-state index contributed by atoms with van der Waals surface area (Å²) < 4.78 is 0. The van der Waals surface area contributed by atoms with Crippen LogP contribution in [0.25, 0.3) is 10.9 Å². The number of nitro benzene ring substituents is 1. The molecule has 0 saturated carbocycles. The number of carbonyl (C=O) groups is 1. The number of aromatic nitrogens is 2. The molecule has 3 aromatic rings. The third-order valence-corrected chi connectivity index (χ3v) is 3.42. The molecule has 7 nitrogen and oxygen atoms in total. The van der Waals surface area contributed by atoms with E-state index in [9.17, 15) is 14.9 Å². The number of thiazole rings is 1. The van der Waals surface area contributed by atoms with Crippen molar-refractivity contribution >= 4 is 39.0 Å². The van der Waals surface area contributed by atoms with Crippen molar-refractivity contribution in [3.8, 4) is 0 Å². The molecule has 8 heteroatoms. The van der Waals surface area contributed by atoms with Crippen molar-refractivity contribution < 1.29 is 9.72 Å². The molecule has 2 aromatic heterocycles. The number of benzene rings is 1. The SMILES string of the molecule is O=C(Nc1nccs1)c1cc2cccc([N+](=O)[O-])c2[nH]1. The Kier molecular flexibility index (Phi) is 2.92. The number of hydrogen-bond acceptors (Lipinski definition) is 5. The van der Waals surface area contributed by atoms with E-state index in [4.69, 9.17) is 0 Å². The Balaban J connectivity index is 1.98. The van der Waals surface area contributed by atoms with E-state index < -0.39 is 4.92 Å². The number of rotatable bonds is 3. The lowest BCUT2D eigenvalue weighted by Gasteiger charge is -1.97. The first-order valence-electron chi connectivity index (χ1n) is 5.62. The standard InChI is InChI=1S/C12H8N4O3S/c17-11(15-12-13-4-5-20-12)8-6-7-2-1-3-9(16(18)19)10(7)14-8/h1-6,14H,(H,13,15,17). The number of nitro groups is 1. The Morgan fingerprint density at radius 3 is 3.00 bits per heavy atom. The summed E-state index contributed by atoms with van der Waals surface area (Å²) in [5.41, 5.74) is 0.530. The molecule has 0 radical (unpaired) electrons. The van der Waals surface area contributed by atoms with Gasteiger partial charge >= 0.3 is 0 Å². The van der Waals surface area contributed by atoms with E-state index in [2.05, 4.69) is 15.3 Å². The Morgan fingerprint density at radius 2 is 2.30 bits per heavy atom. The number of carbonyl (C=O) groups excluding carboxylic acids is 1. The van der Waals surface area contributed by atoms with Crippen molar-refractivity contribution in [3.05, 3.63) is 51.7 Å². The maximum absolute atomic E-state index is 12.0. The first-order chi connectivity index (χ1) is 9.65. The molecule has 0 atom stereocenters. The molecule has 0 aliphatic carbocycles. The average Bonchev–Trinajstić information content (AvgIpc) is 3.05. The number of nitrogens with zero attached hydrogens (tertiary/aromatic N) is 2. The van der Waals surface area contributed by atoms with Gasteiger partial charge in [-0.2, -0.15) is 0 Å². The number of para-hydroxylation sites is 1. The number of nitrogens with one attached hydrogen (secondary N) is 2. The van der Waals surface area contributed by atoms with Gasteiger partial charge in [0, 0.05) is 23.0 Å². The van der Waals surface area contributed by atoms with Crippen LogP contribution in [-0.4, -0.2) is 20.8 Å². The van der Waals surface area contributed by atoms with E-state index >= 15 is 0 Å². The first-order valence-corrected chi connectivity index (χ1v) is 6.50. The zero-order valence-electron chi connectivity index (χ0n) is 9.99. The van der Waals surface area contributed by atoms with Crippen LogP contribution in [0.3, 0.4) is 0 Å². The smallest absolute Gasteiger partial charge is 0.293 e. The Bertz CT molecular complexity index is 794. The maximum atomic E-state index is 12.0. The summed E-state index contributed by atoms with van der Waals surface area (Å²) >= 11 is 1.30. The van der Waals surface area contributed by atoms with Gasteiger partial charge in [0.25, 0.3) is 11.6 Å². The summed E-state index contributed by atoms with van der Waals surface area (Å²) in [4.78, 5) is 29.2. The lowest BCUT2D eigenvalue weighted by molar-refractivity contribution is -0.383. The molecule has 0 spiro atoms. The number of aromatic amines is 1. The highest BCUT2D eigenvalue weighted by molar-refractivity contribution is 7.13. The molecule has 0 saturated heterocycles. The fourth-order valence-electron chi connectivity index (χ4n) is 1.86. The second-order valence-electron chi connectivity index (χ2n) is 3.97. The second-order valence-corrected chi connectivity index (χ2v) is 4.87. The highest BCUT2D eigenvalue weighted by Gasteiger charge is 2.17. The third-order valence-electron chi connectivity index (χ3n) is 2.73. The van der Waals surface area contributed by atoms with Crippen LogP contribution in [0, 0.1) is 10.1 Å². The molecule has 0 fully saturated rings. The lowest BCUT2D eigenvalue weighted by Crippen LogP contribution is -2.11. The molecular formula is C12H8N4O3S. The number of non-ortho nitro benzene ring substituents is 1. The minimum absolute atomic E-state index is 0.0594. The molecular weight excluding hydrogens is 280 g/mol. The van der Waals surface area contributed by atoms with Crippen LogP contribution in [0.1, 0.15) is 10.5 Å². The van der Waals surface area contributed by atoms with Crippen LogP contribution in [0.15, 0.2) is 35.8 Å². The van der Waals surface area contributed by atoms with Gasteiger partial charge in [-0.3, -0.25) is 20.2 Å². The van der Waals surface area contributed by atoms with Gasteiger partial charge in [-0.25, -0.2) is 4.98 Å². The van der Waals surface area contributed by atoms with E-state index in [1.807, 2.05) is 0 Å². The minimum atomic E-state index is -0.485. The predicted molar refractivity (Wildman–Crippen MR) is 75.0 cm³/mol. The monoisotopic (exact) mass is 288 g/mol. The normalized spacial score (nSPS) is 10.6. The Hall–Kier alpha value is -2.74. The Morgan fingerprint density at radius 1 is 1.45 bits per heavy atom. The topological polar surface area (TPSA) is 101 Å². The van der Waals surface area contributed by atoms with Crippen molar-refractivity contribution in [2.45, 2.75) is 0 Å². The van der Waals surface area contributed by atoms with Gasteiger partial charge in [0.15, 0.2) is 5.13 Å². The molecule has 0 aliphatic heterocycles. The fourth-order valence-corrected chi connectivity index (χ4v) is 2.39. The zero-order chi connectivity index (χ0) is 14.1. The number of fused-ring (bicyclic) bond motifs is 1. The third kappa shape index (κ3) is 2.12. The van der Waals surface area contributed by atoms with Gasteiger partial charge in [0.1, 0.15) is 11.2 Å². The number of anilines is 1. The summed E-state index contributed by atoms with van der Waals surface area (Å²) in [5, 5.41) is 16.4. The average molecular weight is 288 g/mol. The van der Waals surface area contributed by atoms with Gasteiger partial charge in [-0.15, -0.1) is 11.3 Å². The molecule has 1 aromatic carbocycles. The van der Waals surface area contributed by atoms with Crippen LogP contribution in [0.5, 0.6) is 0 Å². The van der Waals surface area contributed by atoms with E-state index in [1.165, 1.54) is 17.4 Å². The fraction of sp³-hybridized carbons (Fsp3) is 0.